The lowest BCUT2D eigenvalue weighted by Gasteiger charge is -2.18. The maximum Gasteiger partial charge on any atom is 0.328 e. The predicted octanol–water partition coefficient (Wildman–Crippen LogP) is 1.07. The molecule has 1 rings (SSSR count). The van der Waals surface area contributed by atoms with Crippen molar-refractivity contribution in [1.82, 2.24) is 9.88 Å². The molecular weight excluding hydrogens is 220 g/mol. The quantitative estimate of drug-likeness (QED) is 0.774. The molecule has 0 aliphatic carbocycles. The van der Waals surface area contributed by atoms with E-state index in [1.807, 2.05) is 19.1 Å². The van der Waals surface area contributed by atoms with Crippen molar-refractivity contribution in [3.63, 3.8) is 0 Å². The highest BCUT2D eigenvalue weighted by atomic mass is 16.4. The van der Waals surface area contributed by atoms with E-state index in [1.54, 1.807) is 12.3 Å². The lowest BCUT2D eigenvalue weighted by atomic mass is 10.3. The van der Waals surface area contributed by atoms with Gasteiger partial charge in [0.1, 0.15) is 0 Å². The Kier molecular flexibility index (Phi) is 4.87. The van der Waals surface area contributed by atoms with Gasteiger partial charge < -0.3 is 10.0 Å². The molecule has 0 bridgehead atoms. The van der Waals surface area contributed by atoms with Crippen LogP contribution in [0.4, 0.5) is 0 Å². The summed E-state index contributed by atoms with van der Waals surface area (Å²) in [5.41, 5.74) is 0.770. The summed E-state index contributed by atoms with van der Waals surface area (Å²) in [6.07, 6.45) is 3.54. The Bertz CT molecular complexity index is 415. The normalized spacial score (nSPS) is 10.4. The summed E-state index contributed by atoms with van der Waals surface area (Å²) in [4.78, 5) is 27.6. The number of rotatable bonds is 5. The lowest BCUT2D eigenvalue weighted by molar-refractivity contribution is -0.132. The molecule has 17 heavy (non-hydrogen) atoms. The minimum absolute atomic E-state index is 0.333. The molecule has 5 nitrogen and oxygen atoms in total. The van der Waals surface area contributed by atoms with Gasteiger partial charge in [-0.05, 0) is 19.1 Å². The fourth-order valence-electron chi connectivity index (χ4n) is 1.28. The largest absolute Gasteiger partial charge is 0.478 e. The topological polar surface area (TPSA) is 70.5 Å². The van der Waals surface area contributed by atoms with Crippen LogP contribution in [0.3, 0.4) is 0 Å². The molecule has 90 valence electrons. The van der Waals surface area contributed by atoms with Gasteiger partial charge in [-0.1, -0.05) is 6.07 Å². The van der Waals surface area contributed by atoms with Gasteiger partial charge in [0.25, 0.3) is 0 Å². The summed E-state index contributed by atoms with van der Waals surface area (Å²) in [6.45, 7) is 2.70. The second-order valence-corrected chi connectivity index (χ2v) is 3.35. The van der Waals surface area contributed by atoms with Crippen molar-refractivity contribution in [3.05, 3.63) is 42.2 Å². The standard InChI is InChI=1S/C12H14N2O3/c1-2-14(11(15)6-7-12(16)17)9-10-5-3-4-8-13-10/h3-8H,2,9H2,1H3,(H,16,17)/b7-6+. The van der Waals surface area contributed by atoms with Crippen molar-refractivity contribution in [3.8, 4) is 0 Å². The van der Waals surface area contributed by atoms with Gasteiger partial charge in [0.05, 0.1) is 12.2 Å². The van der Waals surface area contributed by atoms with Gasteiger partial charge in [-0.2, -0.15) is 0 Å². The number of pyridine rings is 1. The molecule has 5 heteroatoms. The number of aromatic nitrogens is 1. The number of carbonyl (C=O) groups is 2. The van der Waals surface area contributed by atoms with Crippen LogP contribution in [0.15, 0.2) is 36.5 Å². The van der Waals surface area contributed by atoms with Crippen LogP contribution in [-0.2, 0) is 16.1 Å². The predicted molar refractivity (Wildman–Crippen MR) is 62.1 cm³/mol. The fourth-order valence-corrected chi connectivity index (χ4v) is 1.28. The minimum atomic E-state index is -1.13. The summed E-state index contributed by atoms with van der Waals surface area (Å²) in [6, 6.07) is 5.45. The number of hydrogen-bond acceptors (Lipinski definition) is 3. The van der Waals surface area contributed by atoms with Crippen LogP contribution in [0.2, 0.25) is 0 Å². The number of hydrogen-bond donors (Lipinski definition) is 1. The van der Waals surface area contributed by atoms with Crippen molar-refractivity contribution in [2.75, 3.05) is 6.54 Å². The number of amides is 1. The molecule has 1 aromatic rings. The van der Waals surface area contributed by atoms with Crippen LogP contribution < -0.4 is 0 Å². The zero-order chi connectivity index (χ0) is 12.7. The van der Waals surface area contributed by atoms with E-state index in [-0.39, 0.29) is 5.91 Å². The Morgan fingerprint density at radius 2 is 2.18 bits per heavy atom. The summed E-state index contributed by atoms with van der Waals surface area (Å²) in [5.74, 6) is -1.47. The number of aliphatic carboxylic acids is 1. The average Bonchev–Trinajstić information content (AvgIpc) is 2.34. The van der Waals surface area contributed by atoms with Gasteiger partial charge in [0.2, 0.25) is 5.91 Å². The zero-order valence-electron chi connectivity index (χ0n) is 9.54. The minimum Gasteiger partial charge on any atom is -0.478 e. The Morgan fingerprint density at radius 1 is 1.41 bits per heavy atom. The van der Waals surface area contributed by atoms with Crippen LogP contribution in [0.5, 0.6) is 0 Å². The van der Waals surface area contributed by atoms with E-state index in [0.717, 1.165) is 17.8 Å². The third-order valence-electron chi connectivity index (χ3n) is 2.14. The highest BCUT2D eigenvalue weighted by Gasteiger charge is 2.09. The van der Waals surface area contributed by atoms with Gasteiger partial charge in [0.15, 0.2) is 0 Å². The molecule has 0 aliphatic rings. The average molecular weight is 234 g/mol. The first kappa shape index (κ1) is 12.9. The summed E-state index contributed by atoms with van der Waals surface area (Å²) in [5, 5.41) is 8.44. The summed E-state index contributed by atoms with van der Waals surface area (Å²) in [7, 11) is 0. The van der Waals surface area contributed by atoms with Crippen LogP contribution in [0.1, 0.15) is 12.6 Å². The first-order valence-electron chi connectivity index (χ1n) is 5.23. The Labute approximate surface area is 99.4 Å². The van der Waals surface area contributed by atoms with Crippen molar-refractivity contribution in [2.24, 2.45) is 0 Å². The molecule has 0 aromatic carbocycles. The monoisotopic (exact) mass is 234 g/mol. The lowest BCUT2D eigenvalue weighted by Crippen LogP contribution is -2.29. The van der Waals surface area contributed by atoms with Gasteiger partial charge >= 0.3 is 5.97 Å². The van der Waals surface area contributed by atoms with E-state index >= 15 is 0 Å². The number of carboxylic acid groups (broad SMARTS) is 1. The Hall–Kier alpha value is -2.17. The molecule has 0 fully saturated rings. The first-order valence-corrected chi connectivity index (χ1v) is 5.23. The maximum atomic E-state index is 11.6. The first-order chi connectivity index (χ1) is 8.13. The van der Waals surface area contributed by atoms with Crippen LogP contribution >= 0.6 is 0 Å². The molecule has 1 heterocycles. The van der Waals surface area contributed by atoms with Crippen LogP contribution in [-0.4, -0.2) is 33.4 Å². The zero-order valence-corrected chi connectivity index (χ0v) is 9.54. The summed E-state index contributed by atoms with van der Waals surface area (Å²) >= 11 is 0. The molecule has 0 radical (unpaired) electrons. The van der Waals surface area contributed by atoms with E-state index in [0.29, 0.717) is 13.1 Å². The molecule has 0 spiro atoms. The number of carbonyl (C=O) groups excluding carboxylic acids is 1. The molecular formula is C12H14N2O3. The molecule has 0 saturated heterocycles. The maximum absolute atomic E-state index is 11.6. The third kappa shape index (κ3) is 4.46. The van der Waals surface area contributed by atoms with E-state index in [1.165, 1.54) is 4.90 Å². The molecule has 0 unspecified atom stereocenters. The molecule has 1 aromatic heterocycles. The molecule has 0 saturated carbocycles. The van der Waals surface area contributed by atoms with Gasteiger partial charge in [-0.25, -0.2) is 4.79 Å². The van der Waals surface area contributed by atoms with Crippen LogP contribution in [0.25, 0.3) is 0 Å². The number of nitrogens with zero attached hydrogens (tertiary/aromatic N) is 2. The number of likely N-dealkylation sites (N-methyl/N-ethyl adjacent to an activating group) is 1. The van der Waals surface area contributed by atoms with Gasteiger partial charge in [-0.15, -0.1) is 0 Å². The van der Waals surface area contributed by atoms with Gasteiger partial charge in [0, 0.05) is 24.9 Å². The van der Waals surface area contributed by atoms with E-state index < -0.39 is 5.97 Å². The molecule has 0 atom stereocenters. The SMILES string of the molecule is CCN(Cc1ccccn1)C(=O)/C=C/C(=O)O. The van der Waals surface area contributed by atoms with E-state index in [2.05, 4.69) is 4.98 Å². The smallest absolute Gasteiger partial charge is 0.328 e. The van der Waals surface area contributed by atoms with E-state index in [9.17, 15) is 9.59 Å². The molecule has 1 amide bonds. The summed E-state index contributed by atoms with van der Waals surface area (Å²) < 4.78 is 0. The van der Waals surface area contributed by atoms with Crippen molar-refractivity contribution >= 4 is 11.9 Å². The Balaban J connectivity index is 2.66. The molecule has 0 aliphatic heterocycles. The third-order valence-corrected chi connectivity index (χ3v) is 2.14. The Morgan fingerprint density at radius 3 is 2.71 bits per heavy atom. The second kappa shape index (κ2) is 6.42. The van der Waals surface area contributed by atoms with Crippen LogP contribution in [0, 0.1) is 0 Å². The molecule has 1 N–H and O–H groups in total. The number of carboxylic acids is 1. The highest BCUT2D eigenvalue weighted by molar-refractivity contribution is 5.93. The van der Waals surface area contributed by atoms with Gasteiger partial charge in [-0.3, -0.25) is 9.78 Å². The van der Waals surface area contributed by atoms with E-state index in [4.69, 9.17) is 5.11 Å². The highest BCUT2D eigenvalue weighted by Crippen LogP contribution is 2.01. The van der Waals surface area contributed by atoms with Crippen molar-refractivity contribution < 1.29 is 14.7 Å². The second-order valence-electron chi connectivity index (χ2n) is 3.35. The van der Waals surface area contributed by atoms with Crippen molar-refractivity contribution in [2.45, 2.75) is 13.5 Å². The van der Waals surface area contributed by atoms with Crippen molar-refractivity contribution in [1.29, 1.82) is 0 Å². The fraction of sp³-hybridized carbons (Fsp3) is 0.250.